The lowest BCUT2D eigenvalue weighted by atomic mass is 9.77. The highest BCUT2D eigenvalue weighted by Crippen LogP contribution is 2.55. The summed E-state index contributed by atoms with van der Waals surface area (Å²) in [5.74, 6) is 0. The van der Waals surface area contributed by atoms with E-state index in [-0.39, 0.29) is 5.54 Å². The lowest BCUT2D eigenvalue weighted by Gasteiger charge is -2.46. The fraction of sp³-hybridized carbons (Fsp3) is 0.450. The molecule has 4 rings (SSSR count). The van der Waals surface area contributed by atoms with Crippen molar-refractivity contribution in [1.29, 1.82) is 0 Å². The van der Waals surface area contributed by atoms with E-state index in [0.29, 0.717) is 6.04 Å². The lowest BCUT2D eigenvalue weighted by molar-refractivity contribution is 0.283. The molecule has 0 N–H and O–H groups in total. The zero-order valence-electron chi connectivity index (χ0n) is 13.5. The number of anilines is 1. The molecule has 1 saturated carbocycles. The van der Waals surface area contributed by atoms with E-state index >= 15 is 0 Å². The summed E-state index contributed by atoms with van der Waals surface area (Å²) in [5.41, 5.74) is 5.88. The third-order valence-corrected chi connectivity index (χ3v) is 5.71. The number of pyridine rings is 1. The number of aryl methyl sites for hydroxylation is 1. The fourth-order valence-electron chi connectivity index (χ4n) is 4.72. The number of rotatable bonds is 1. The minimum absolute atomic E-state index is 0.160. The van der Waals surface area contributed by atoms with Gasteiger partial charge in [0, 0.05) is 23.6 Å². The van der Waals surface area contributed by atoms with Gasteiger partial charge in [-0.05, 0) is 49.9 Å². The summed E-state index contributed by atoms with van der Waals surface area (Å²) in [5, 5.41) is 0. The Morgan fingerprint density at radius 1 is 1.09 bits per heavy atom. The van der Waals surface area contributed by atoms with E-state index < -0.39 is 0 Å². The van der Waals surface area contributed by atoms with Crippen LogP contribution in [0.4, 0.5) is 5.69 Å². The van der Waals surface area contributed by atoms with E-state index in [1.165, 1.54) is 54.5 Å². The number of nitrogens with zero attached hydrogens (tertiary/aromatic N) is 2. The molecule has 0 unspecified atom stereocenters. The highest BCUT2D eigenvalue weighted by Gasteiger charge is 2.49. The Kier molecular flexibility index (Phi) is 3.21. The third-order valence-electron chi connectivity index (χ3n) is 5.71. The Bertz CT molecular complexity index is 686. The van der Waals surface area contributed by atoms with E-state index in [1.807, 2.05) is 6.20 Å². The van der Waals surface area contributed by atoms with E-state index in [2.05, 4.69) is 60.3 Å². The van der Waals surface area contributed by atoms with E-state index in [9.17, 15) is 0 Å². The number of hydrogen-bond acceptors (Lipinski definition) is 2. The largest absolute Gasteiger partial charge is 0.355 e. The molecular weight excluding hydrogens is 268 g/mol. The zero-order chi connectivity index (χ0) is 15.2. The summed E-state index contributed by atoms with van der Waals surface area (Å²) in [6.45, 7) is 4.59. The Balaban J connectivity index is 1.92. The maximum Gasteiger partial charge on any atom is 0.0678 e. The maximum absolute atomic E-state index is 4.46. The third kappa shape index (κ3) is 1.83. The molecule has 1 aromatic carbocycles. The zero-order valence-corrected chi connectivity index (χ0v) is 13.5. The molecule has 1 aromatic heterocycles. The predicted molar refractivity (Wildman–Crippen MR) is 91.1 cm³/mol. The molecule has 1 aliphatic heterocycles. The Morgan fingerprint density at radius 3 is 2.64 bits per heavy atom. The predicted octanol–water partition coefficient (Wildman–Crippen LogP) is 5.13. The first-order valence-electron chi connectivity index (χ1n) is 8.53. The molecule has 0 amide bonds. The molecule has 1 fully saturated rings. The highest BCUT2D eigenvalue weighted by atomic mass is 15.3. The number of fused-ring (bicyclic) bond motifs is 2. The average molecular weight is 292 g/mol. The van der Waals surface area contributed by atoms with Crippen LogP contribution in [0.3, 0.4) is 0 Å². The van der Waals surface area contributed by atoms with Gasteiger partial charge in [0.15, 0.2) is 0 Å². The van der Waals surface area contributed by atoms with Crippen LogP contribution in [0.1, 0.15) is 61.8 Å². The standard InChI is InChI=1S/C20H24N2/c1-15-8-4-5-9-19(15)22-16(2)17-10-13-21-14-18(17)20(22)11-6-3-7-12-20/h4-5,8-10,13-14,16H,3,6-7,11-12H2,1-2H3/t16-/m0/s1. The van der Waals surface area contributed by atoms with Gasteiger partial charge in [0.25, 0.3) is 0 Å². The fourth-order valence-corrected chi connectivity index (χ4v) is 4.72. The number of para-hydroxylation sites is 1. The molecular formula is C20H24N2. The van der Waals surface area contributed by atoms with Crippen LogP contribution < -0.4 is 4.90 Å². The second kappa shape index (κ2) is 5.12. The van der Waals surface area contributed by atoms with Gasteiger partial charge in [-0.15, -0.1) is 0 Å². The highest BCUT2D eigenvalue weighted by molar-refractivity contribution is 5.63. The normalized spacial score (nSPS) is 22.8. The van der Waals surface area contributed by atoms with Crippen molar-refractivity contribution in [2.24, 2.45) is 0 Å². The van der Waals surface area contributed by atoms with Gasteiger partial charge in [-0.2, -0.15) is 0 Å². The summed E-state index contributed by atoms with van der Waals surface area (Å²) in [7, 11) is 0. The minimum atomic E-state index is 0.160. The second-order valence-corrected chi connectivity index (χ2v) is 6.89. The van der Waals surface area contributed by atoms with Gasteiger partial charge in [0.2, 0.25) is 0 Å². The van der Waals surface area contributed by atoms with E-state index in [4.69, 9.17) is 0 Å². The summed E-state index contributed by atoms with van der Waals surface area (Å²) >= 11 is 0. The van der Waals surface area contributed by atoms with E-state index in [0.717, 1.165) is 0 Å². The van der Waals surface area contributed by atoms with Crippen molar-refractivity contribution in [2.45, 2.75) is 57.5 Å². The van der Waals surface area contributed by atoms with E-state index in [1.54, 1.807) is 0 Å². The monoisotopic (exact) mass is 292 g/mol. The van der Waals surface area contributed by atoms with Crippen molar-refractivity contribution in [3.63, 3.8) is 0 Å². The number of hydrogen-bond donors (Lipinski definition) is 0. The van der Waals surface area contributed by atoms with Gasteiger partial charge < -0.3 is 4.90 Å². The molecule has 22 heavy (non-hydrogen) atoms. The molecule has 114 valence electrons. The lowest BCUT2D eigenvalue weighted by Crippen LogP contribution is -2.44. The van der Waals surface area contributed by atoms with Crippen LogP contribution >= 0.6 is 0 Å². The van der Waals surface area contributed by atoms with Crippen molar-refractivity contribution < 1.29 is 0 Å². The number of aromatic nitrogens is 1. The van der Waals surface area contributed by atoms with Crippen LogP contribution in [0.5, 0.6) is 0 Å². The van der Waals surface area contributed by atoms with Gasteiger partial charge in [-0.3, -0.25) is 4.98 Å². The molecule has 1 aliphatic carbocycles. The van der Waals surface area contributed by atoms with Crippen molar-refractivity contribution in [3.8, 4) is 0 Å². The van der Waals surface area contributed by atoms with Crippen LogP contribution in [0.2, 0.25) is 0 Å². The molecule has 0 saturated heterocycles. The maximum atomic E-state index is 4.46. The van der Waals surface area contributed by atoms with Crippen molar-refractivity contribution >= 4 is 5.69 Å². The molecule has 0 radical (unpaired) electrons. The van der Waals surface area contributed by atoms with Crippen LogP contribution in [0.15, 0.2) is 42.7 Å². The molecule has 2 heteroatoms. The van der Waals surface area contributed by atoms with Crippen LogP contribution in [-0.4, -0.2) is 4.98 Å². The van der Waals surface area contributed by atoms with Gasteiger partial charge >= 0.3 is 0 Å². The first-order chi connectivity index (χ1) is 10.7. The second-order valence-electron chi connectivity index (χ2n) is 6.89. The molecule has 1 spiro atoms. The molecule has 2 aliphatic rings. The van der Waals surface area contributed by atoms with Gasteiger partial charge in [0.1, 0.15) is 0 Å². The average Bonchev–Trinajstić information content (AvgIpc) is 2.79. The summed E-state index contributed by atoms with van der Waals surface area (Å²) in [6.07, 6.45) is 10.6. The molecule has 0 bridgehead atoms. The molecule has 2 nitrogen and oxygen atoms in total. The Hall–Kier alpha value is -1.83. The topological polar surface area (TPSA) is 16.1 Å². The van der Waals surface area contributed by atoms with Crippen LogP contribution in [-0.2, 0) is 5.54 Å². The van der Waals surface area contributed by atoms with Gasteiger partial charge in [-0.25, -0.2) is 0 Å². The Morgan fingerprint density at radius 2 is 1.86 bits per heavy atom. The number of benzene rings is 1. The summed E-state index contributed by atoms with van der Waals surface area (Å²) in [4.78, 5) is 7.17. The summed E-state index contributed by atoms with van der Waals surface area (Å²) in [6, 6.07) is 11.5. The molecule has 2 aromatic rings. The molecule has 1 atom stereocenters. The van der Waals surface area contributed by atoms with Crippen molar-refractivity contribution in [2.75, 3.05) is 4.90 Å². The molecule has 2 heterocycles. The van der Waals surface area contributed by atoms with Crippen LogP contribution in [0.25, 0.3) is 0 Å². The first-order valence-corrected chi connectivity index (χ1v) is 8.53. The van der Waals surface area contributed by atoms with Gasteiger partial charge in [-0.1, -0.05) is 37.5 Å². The van der Waals surface area contributed by atoms with Crippen molar-refractivity contribution in [3.05, 3.63) is 59.4 Å². The minimum Gasteiger partial charge on any atom is -0.355 e. The van der Waals surface area contributed by atoms with Crippen molar-refractivity contribution in [1.82, 2.24) is 4.98 Å². The van der Waals surface area contributed by atoms with Gasteiger partial charge in [0.05, 0.1) is 11.6 Å². The smallest absolute Gasteiger partial charge is 0.0678 e. The quantitative estimate of drug-likeness (QED) is 0.724. The summed E-state index contributed by atoms with van der Waals surface area (Å²) < 4.78 is 0. The Labute approximate surface area is 133 Å². The van der Waals surface area contributed by atoms with Crippen LogP contribution in [0, 0.1) is 6.92 Å². The SMILES string of the molecule is Cc1ccccc1N1[C@@H](C)c2ccncc2C12CCCCC2. The first kappa shape index (κ1) is 13.8.